The molecule has 0 saturated heterocycles. The number of amides is 1. The maximum Gasteiger partial charge on any atom is 0.315 e. The summed E-state index contributed by atoms with van der Waals surface area (Å²) in [6.45, 7) is 11.8. The molecule has 2 aromatic rings. The van der Waals surface area contributed by atoms with Gasteiger partial charge in [-0.3, -0.25) is 9.59 Å². The van der Waals surface area contributed by atoms with Gasteiger partial charge in [-0.15, -0.1) is 0 Å². The molecule has 0 saturated carbocycles. The minimum absolute atomic E-state index is 0.0556. The summed E-state index contributed by atoms with van der Waals surface area (Å²) in [5, 5.41) is 10.5. The summed E-state index contributed by atoms with van der Waals surface area (Å²) < 4.78 is 1.78. The van der Waals surface area contributed by atoms with E-state index in [4.69, 9.17) is 0 Å². The second-order valence-electron chi connectivity index (χ2n) is 10.0. The quantitative estimate of drug-likeness (QED) is 0.459. The van der Waals surface area contributed by atoms with Crippen molar-refractivity contribution >= 4 is 5.91 Å². The zero-order valence-corrected chi connectivity index (χ0v) is 21.6. The normalized spacial score (nSPS) is 16.3. The van der Waals surface area contributed by atoms with Crippen LogP contribution in [-0.2, 0) is 24.8 Å². The minimum atomic E-state index is -0.707. The van der Waals surface area contributed by atoms with Gasteiger partial charge >= 0.3 is 5.56 Å². The SMILES string of the molecule is CCCCCC(C)(CCc1nc(=O)c(O)c2n1CCN(C(C)CC)C2=O)c1cccc(CC)c1. The second kappa shape index (κ2) is 11.2. The van der Waals surface area contributed by atoms with Crippen molar-refractivity contribution in [2.75, 3.05) is 6.54 Å². The van der Waals surface area contributed by atoms with Gasteiger partial charge < -0.3 is 14.6 Å². The Morgan fingerprint density at radius 2 is 1.88 bits per heavy atom. The standard InChI is InChI=1S/C28H41N3O3/c1-6-9-10-15-28(5,22-13-11-12-21(8-3)19-22)16-14-23-29-26(33)25(32)24-27(34)30(20(4)7-2)17-18-31(23)24/h11-13,19-20,32H,6-10,14-18H2,1-5H3. The first-order chi connectivity index (χ1) is 16.3. The Kier molecular flexibility index (Phi) is 8.56. The fourth-order valence-electron chi connectivity index (χ4n) is 5.06. The third-order valence-electron chi connectivity index (χ3n) is 7.65. The van der Waals surface area contributed by atoms with Crippen LogP contribution in [0.2, 0.25) is 0 Å². The van der Waals surface area contributed by atoms with E-state index in [-0.39, 0.29) is 23.1 Å². The Bertz CT molecular complexity index is 1060. The van der Waals surface area contributed by atoms with E-state index in [2.05, 4.69) is 50.0 Å². The highest BCUT2D eigenvalue weighted by molar-refractivity contribution is 5.95. The molecule has 6 heteroatoms. The van der Waals surface area contributed by atoms with Gasteiger partial charge in [0, 0.05) is 25.6 Å². The Labute approximate surface area is 204 Å². The summed E-state index contributed by atoms with van der Waals surface area (Å²) in [6, 6.07) is 8.89. The third kappa shape index (κ3) is 5.37. The van der Waals surface area contributed by atoms with Gasteiger partial charge in [-0.05, 0) is 49.1 Å². The van der Waals surface area contributed by atoms with Gasteiger partial charge in [0.1, 0.15) is 5.82 Å². The van der Waals surface area contributed by atoms with Crippen molar-refractivity contribution in [1.29, 1.82) is 0 Å². The molecule has 186 valence electrons. The van der Waals surface area contributed by atoms with Crippen LogP contribution in [0.15, 0.2) is 29.1 Å². The van der Waals surface area contributed by atoms with Gasteiger partial charge in [0.15, 0.2) is 5.69 Å². The summed E-state index contributed by atoms with van der Waals surface area (Å²) in [7, 11) is 0. The Morgan fingerprint density at radius 3 is 2.56 bits per heavy atom. The van der Waals surface area contributed by atoms with Crippen LogP contribution in [0.3, 0.4) is 0 Å². The number of carbonyl (C=O) groups excluding carboxylic acids is 1. The van der Waals surface area contributed by atoms with Crippen LogP contribution in [0.25, 0.3) is 0 Å². The lowest BCUT2D eigenvalue weighted by atomic mass is 9.74. The van der Waals surface area contributed by atoms with E-state index in [0.717, 1.165) is 32.1 Å². The summed E-state index contributed by atoms with van der Waals surface area (Å²) >= 11 is 0. The lowest BCUT2D eigenvalue weighted by Gasteiger charge is -2.35. The molecule has 0 fully saturated rings. The van der Waals surface area contributed by atoms with Crippen molar-refractivity contribution in [3.8, 4) is 5.75 Å². The number of nitrogens with zero attached hydrogens (tertiary/aromatic N) is 3. The highest BCUT2D eigenvalue weighted by Gasteiger charge is 2.34. The van der Waals surface area contributed by atoms with Crippen molar-refractivity contribution in [2.24, 2.45) is 0 Å². The van der Waals surface area contributed by atoms with Crippen LogP contribution in [0, 0.1) is 0 Å². The van der Waals surface area contributed by atoms with Crippen LogP contribution < -0.4 is 5.56 Å². The number of aromatic nitrogens is 2. The van der Waals surface area contributed by atoms with E-state index in [0.29, 0.717) is 25.3 Å². The summed E-state index contributed by atoms with van der Waals surface area (Å²) in [6.07, 6.45) is 7.79. The van der Waals surface area contributed by atoms with Crippen LogP contribution in [0.5, 0.6) is 5.75 Å². The molecule has 34 heavy (non-hydrogen) atoms. The Hall–Kier alpha value is -2.63. The molecule has 0 spiro atoms. The van der Waals surface area contributed by atoms with E-state index >= 15 is 0 Å². The lowest BCUT2D eigenvalue weighted by molar-refractivity contribution is 0.0617. The van der Waals surface area contributed by atoms with Gasteiger partial charge in [-0.1, -0.05) is 71.2 Å². The number of unbranched alkanes of at least 4 members (excludes halogenated alkanes) is 2. The van der Waals surface area contributed by atoms with Gasteiger partial charge in [-0.2, -0.15) is 4.98 Å². The molecule has 1 aliphatic heterocycles. The van der Waals surface area contributed by atoms with E-state index in [1.165, 1.54) is 24.0 Å². The highest BCUT2D eigenvalue weighted by Crippen LogP contribution is 2.35. The predicted molar refractivity (Wildman–Crippen MR) is 137 cm³/mol. The fourth-order valence-corrected chi connectivity index (χ4v) is 5.06. The number of hydrogen-bond donors (Lipinski definition) is 1. The van der Waals surface area contributed by atoms with Gasteiger partial charge in [-0.25, -0.2) is 0 Å². The average molecular weight is 468 g/mol. The molecule has 1 aromatic heterocycles. The van der Waals surface area contributed by atoms with Crippen LogP contribution in [0.4, 0.5) is 0 Å². The molecule has 0 bridgehead atoms. The van der Waals surface area contributed by atoms with Crippen molar-refractivity contribution in [2.45, 2.75) is 104 Å². The average Bonchev–Trinajstić information content (AvgIpc) is 2.85. The number of benzene rings is 1. The first-order valence-electron chi connectivity index (χ1n) is 13.0. The summed E-state index contributed by atoms with van der Waals surface area (Å²) in [5.41, 5.74) is 1.98. The monoisotopic (exact) mass is 467 g/mol. The number of aromatic hydroxyl groups is 1. The van der Waals surface area contributed by atoms with Crippen LogP contribution in [0.1, 0.15) is 101 Å². The Balaban J connectivity index is 1.94. The van der Waals surface area contributed by atoms with Gasteiger partial charge in [0.25, 0.3) is 5.91 Å². The zero-order chi connectivity index (χ0) is 24.9. The first kappa shape index (κ1) is 26.0. The number of hydrogen-bond acceptors (Lipinski definition) is 4. The largest absolute Gasteiger partial charge is 0.501 e. The molecule has 2 heterocycles. The van der Waals surface area contributed by atoms with Gasteiger partial charge in [0.05, 0.1) is 0 Å². The smallest absolute Gasteiger partial charge is 0.315 e. The molecule has 2 atom stereocenters. The number of aryl methyl sites for hydroxylation is 2. The second-order valence-corrected chi connectivity index (χ2v) is 10.0. The number of carbonyl (C=O) groups is 1. The van der Waals surface area contributed by atoms with Crippen LogP contribution >= 0.6 is 0 Å². The minimum Gasteiger partial charge on any atom is -0.501 e. The summed E-state index contributed by atoms with van der Waals surface area (Å²) in [5.74, 6) is -0.202. The van der Waals surface area contributed by atoms with E-state index < -0.39 is 11.3 Å². The van der Waals surface area contributed by atoms with Gasteiger partial charge in [0.2, 0.25) is 5.75 Å². The van der Waals surface area contributed by atoms with E-state index in [9.17, 15) is 14.7 Å². The molecule has 1 amide bonds. The van der Waals surface area contributed by atoms with E-state index in [1.54, 1.807) is 9.47 Å². The van der Waals surface area contributed by atoms with Crippen molar-refractivity contribution in [3.63, 3.8) is 0 Å². The maximum absolute atomic E-state index is 13.2. The predicted octanol–water partition coefficient (Wildman–Crippen LogP) is 5.24. The fraction of sp³-hybridized carbons (Fsp3) is 0.607. The topological polar surface area (TPSA) is 75.4 Å². The molecule has 0 aliphatic carbocycles. The molecule has 3 rings (SSSR count). The van der Waals surface area contributed by atoms with Crippen molar-refractivity contribution in [3.05, 3.63) is 57.3 Å². The number of fused-ring (bicyclic) bond motifs is 1. The highest BCUT2D eigenvalue weighted by atomic mass is 16.3. The molecular formula is C28H41N3O3. The maximum atomic E-state index is 13.2. The Morgan fingerprint density at radius 1 is 1.12 bits per heavy atom. The van der Waals surface area contributed by atoms with Crippen LogP contribution in [-0.4, -0.2) is 38.1 Å². The molecule has 1 N–H and O–H groups in total. The summed E-state index contributed by atoms with van der Waals surface area (Å²) in [4.78, 5) is 31.7. The third-order valence-corrected chi connectivity index (χ3v) is 7.65. The van der Waals surface area contributed by atoms with Crippen molar-refractivity contribution in [1.82, 2.24) is 14.5 Å². The molecule has 2 unspecified atom stereocenters. The zero-order valence-electron chi connectivity index (χ0n) is 21.6. The molecular weight excluding hydrogens is 426 g/mol. The lowest BCUT2D eigenvalue weighted by Crippen LogP contribution is -2.47. The molecule has 1 aliphatic rings. The molecule has 0 radical (unpaired) electrons. The molecule has 1 aromatic carbocycles. The first-order valence-corrected chi connectivity index (χ1v) is 13.0. The van der Waals surface area contributed by atoms with Crippen molar-refractivity contribution < 1.29 is 9.90 Å². The molecule has 6 nitrogen and oxygen atoms in total. The number of rotatable bonds is 11. The van der Waals surface area contributed by atoms with E-state index in [1.807, 2.05) is 13.8 Å².